The lowest BCUT2D eigenvalue weighted by molar-refractivity contribution is -0.142. The number of nitrogens with one attached hydrogen (secondary N) is 1. The van der Waals surface area contributed by atoms with Gasteiger partial charge in [-0.15, -0.1) is 0 Å². The number of aromatic nitrogens is 2. The maximum atomic E-state index is 11.8. The largest absolute Gasteiger partial charge is 0.490 e. The Morgan fingerprint density at radius 2 is 2.09 bits per heavy atom. The smallest absolute Gasteiger partial charge is 0.322 e. The Kier molecular flexibility index (Phi) is 6.43. The molecule has 3 aromatic rings. The van der Waals surface area contributed by atoms with Gasteiger partial charge in [0.1, 0.15) is 17.9 Å². The number of benzene rings is 2. The molecule has 33 heavy (non-hydrogen) atoms. The van der Waals surface area contributed by atoms with Gasteiger partial charge < -0.3 is 14.0 Å². The lowest BCUT2D eigenvalue weighted by Gasteiger charge is -2.18. The third kappa shape index (κ3) is 4.59. The minimum atomic E-state index is -0.400. The molecule has 0 fully saturated rings. The van der Waals surface area contributed by atoms with Gasteiger partial charge in [-0.25, -0.2) is 0 Å². The molecule has 1 heterocycles. The maximum Gasteiger partial charge on any atom is 0.322 e. The molecule has 0 radical (unpaired) electrons. The average Bonchev–Trinajstić information content (AvgIpc) is 3.46. The SMILES string of the molecule is COC(=O)C(C)N[C@@H]1CCc2c(-c3noc(-c4ccc(OC(C)C)c(C#N)c4)n3)cccc21. The average molecular weight is 447 g/mol. The van der Waals surface area contributed by atoms with Gasteiger partial charge in [-0.2, -0.15) is 10.2 Å². The molecule has 8 heteroatoms. The molecule has 1 unspecified atom stereocenters. The van der Waals surface area contributed by atoms with Gasteiger partial charge in [-0.05, 0) is 62.9 Å². The molecule has 0 bridgehead atoms. The number of rotatable bonds is 7. The van der Waals surface area contributed by atoms with Crippen LogP contribution >= 0.6 is 0 Å². The molecule has 2 atom stereocenters. The first-order chi connectivity index (χ1) is 15.9. The molecule has 1 N–H and O–H groups in total. The van der Waals surface area contributed by atoms with E-state index in [9.17, 15) is 10.1 Å². The fraction of sp³-hybridized carbons (Fsp3) is 0.360. The number of ether oxygens (including phenoxy) is 2. The molecule has 0 amide bonds. The van der Waals surface area contributed by atoms with Crippen LogP contribution < -0.4 is 10.1 Å². The highest BCUT2D eigenvalue weighted by atomic mass is 16.5. The Bertz CT molecular complexity index is 1210. The predicted octanol–water partition coefficient (Wildman–Crippen LogP) is 4.20. The Morgan fingerprint density at radius 3 is 2.82 bits per heavy atom. The molecule has 4 rings (SSSR count). The summed E-state index contributed by atoms with van der Waals surface area (Å²) in [5.74, 6) is 1.06. The van der Waals surface area contributed by atoms with Gasteiger partial charge in [0.15, 0.2) is 0 Å². The number of fused-ring (bicyclic) bond motifs is 1. The van der Waals surface area contributed by atoms with E-state index < -0.39 is 6.04 Å². The van der Waals surface area contributed by atoms with E-state index in [2.05, 4.69) is 27.6 Å². The highest BCUT2D eigenvalue weighted by Gasteiger charge is 2.29. The minimum Gasteiger partial charge on any atom is -0.490 e. The molecule has 170 valence electrons. The molecule has 0 saturated carbocycles. The Labute approximate surface area is 192 Å². The first kappa shape index (κ1) is 22.5. The standard InChI is InChI=1S/C25H26N4O4/c1-14(2)32-22-11-8-16(12-17(22)13-26)24-28-23(29-33-24)20-7-5-6-19-18(20)9-10-21(19)27-15(3)25(30)31-4/h5-8,11-12,14-15,21,27H,9-10H2,1-4H3/t15?,21-/m1/s1. The number of hydrogen-bond acceptors (Lipinski definition) is 8. The van der Waals surface area contributed by atoms with Gasteiger partial charge in [0.2, 0.25) is 5.82 Å². The van der Waals surface area contributed by atoms with E-state index in [1.54, 1.807) is 25.1 Å². The summed E-state index contributed by atoms with van der Waals surface area (Å²) in [6, 6.07) is 13.0. The van der Waals surface area contributed by atoms with Gasteiger partial charge in [-0.3, -0.25) is 10.1 Å². The van der Waals surface area contributed by atoms with Crippen LogP contribution in [0, 0.1) is 11.3 Å². The molecular weight excluding hydrogens is 420 g/mol. The number of esters is 1. The van der Waals surface area contributed by atoms with Crippen molar-refractivity contribution in [1.82, 2.24) is 15.5 Å². The predicted molar refractivity (Wildman–Crippen MR) is 121 cm³/mol. The van der Waals surface area contributed by atoms with E-state index in [0.29, 0.717) is 28.6 Å². The molecule has 8 nitrogen and oxygen atoms in total. The number of methoxy groups -OCH3 is 1. The molecule has 0 aliphatic heterocycles. The Hall–Kier alpha value is -3.70. The molecule has 1 aliphatic carbocycles. The van der Waals surface area contributed by atoms with Crippen LogP contribution in [0.3, 0.4) is 0 Å². The summed E-state index contributed by atoms with van der Waals surface area (Å²) in [6.45, 7) is 5.62. The van der Waals surface area contributed by atoms with Gasteiger partial charge in [-0.1, -0.05) is 23.4 Å². The fourth-order valence-corrected chi connectivity index (χ4v) is 4.14. The second kappa shape index (κ2) is 9.43. The van der Waals surface area contributed by atoms with Crippen molar-refractivity contribution in [2.24, 2.45) is 0 Å². The molecule has 2 aromatic carbocycles. The molecule has 1 aromatic heterocycles. The van der Waals surface area contributed by atoms with E-state index in [4.69, 9.17) is 14.0 Å². The van der Waals surface area contributed by atoms with Gasteiger partial charge in [0.25, 0.3) is 5.89 Å². The van der Waals surface area contributed by atoms with Crippen LogP contribution in [0.15, 0.2) is 40.9 Å². The van der Waals surface area contributed by atoms with Crippen molar-refractivity contribution in [1.29, 1.82) is 5.26 Å². The molecule has 1 aliphatic rings. The summed E-state index contributed by atoms with van der Waals surface area (Å²) in [5.41, 5.74) is 4.22. The van der Waals surface area contributed by atoms with Crippen LogP contribution in [0.25, 0.3) is 22.8 Å². The minimum absolute atomic E-state index is 0.0351. The van der Waals surface area contributed by atoms with Crippen molar-refractivity contribution < 1.29 is 18.8 Å². The summed E-state index contributed by atoms with van der Waals surface area (Å²) in [5, 5.41) is 17.0. The van der Waals surface area contributed by atoms with Crippen molar-refractivity contribution >= 4 is 5.97 Å². The van der Waals surface area contributed by atoms with E-state index in [-0.39, 0.29) is 18.1 Å². The zero-order valence-corrected chi connectivity index (χ0v) is 19.1. The molecular formula is C25H26N4O4. The van der Waals surface area contributed by atoms with Gasteiger partial charge in [0.05, 0.1) is 18.8 Å². The number of carbonyl (C=O) groups is 1. The normalized spacial score (nSPS) is 15.7. The summed E-state index contributed by atoms with van der Waals surface area (Å²) < 4.78 is 16.1. The monoisotopic (exact) mass is 446 g/mol. The van der Waals surface area contributed by atoms with Crippen molar-refractivity contribution in [2.45, 2.75) is 51.8 Å². The fourth-order valence-electron chi connectivity index (χ4n) is 4.14. The first-order valence-electron chi connectivity index (χ1n) is 10.9. The lowest BCUT2D eigenvalue weighted by Crippen LogP contribution is -2.36. The van der Waals surface area contributed by atoms with E-state index in [0.717, 1.165) is 29.5 Å². The van der Waals surface area contributed by atoms with Crippen LogP contribution in [0.1, 0.15) is 49.9 Å². The molecule has 0 saturated heterocycles. The van der Waals surface area contributed by atoms with Crippen molar-refractivity contribution in [3.05, 3.63) is 53.1 Å². The van der Waals surface area contributed by atoms with Crippen LogP contribution in [0.2, 0.25) is 0 Å². The second-order valence-electron chi connectivity index (χ2n) is 8.29. The maximum absolute atomic E-state index is 11.8. The van der Waals surface area contributed by atoms with Crippen LogP contribution in [-0.2, 0) is 16.0 Å². The lowest BCUT2D eigenvalue weighted by atomic mass is 10.0. The van der Waals surface area contributed by atoms with E-state index >= 15 is 0 Å². The van der Waals surface area contributed by atoms with E-state index in [1.165, 1.54) is 7.11 Å². The summed E-state index contributed by atoms with van der Waals surface area (Å²) in [6.07, 6.45) is 1.66. The Morgan fingerprint density at radius 1 is 1.27 bits per heavy atom. The van der Waals surface area contributed by atoms with Crippen molar-refractivity contribution in [3.63, 3.8) is 0 Å². The third-order valence-corrected chi connectivity index (χ3v) is 5.65. The highest BCUT2D eigenvalue weighted by Crippen LogP contribution is 2.38. The second-order valence-corrected chi connectivity index (χ2v) is 8.29. The van der Waals surface area contributed by atoms with Crippen molar-refractivity contribution in [2.75, 3.05) is 7.11 Å². The number of nitriles is 1. The Balaban J connectivity index is 1.61. The molecule has 0 spiro atoms. The van der Waals surface area contributed by atoms with Gasteiger partial charge in [0, 0.05) is 17.2 Å². The zero-order valence-electron chi connectivity index (χ0n) is 19.1. The topological polar surface area (TPSA) is 110 Å². The summed E-state index contributed by atoms with van der Waals surface area (Å²) in [4.78, 5) is 16.4. The van der Waals surface area contributed by atoms with Crippen LogP contribution in [0.5, 0.6) is 5.75 Å². The van der Waals surface area contributed by atoms with Crippen LogP contribution in [-0.4, -0.2) is 35.4 Å². The first-order valence-corrected chi connectivity index (χ1v) is 10.9. The summed E-state index contributed by atoms with van der Waals surface area (Å²) >= 11 is 0. The number of hydrogen-bond donors (Lipinski definition) is 1. The van der Waals surface area contributed by atoms with E-state index in [1.807, 2.05) is 26.0 Å². The summed E-state index contributed by atoms with van der Waals surface area (Å²) in [7, 11) is 1.39. The third-order valence-electron chi connectivity index (χ3n) is 5.65. The zero-order chi connectivity index (χ0) is 23.5. The van der Waals surface area contributed by atoms with Crippen molar-refractivity contribution in [3.8, 4) is 34.7 Å². The van der Waals surface area contributed by atoms with Gasteiger partial charge >= 0.3 is 5.97 Å². The van der Waals surface area contributed by atoms with Crippen LogP contribution in [0.4, 0.5) is 0 Å². The number of nitrogens with zero attached hydrogens (tertiary/aromatic N) is 3. The quantitative estimate of drug-likeness (QED) is 0.538. The number of carbonyl (C=O) groups excluding carboxylic acids is 1. The highest BCUT2D eigenvalue weighted by molar-refractivity contribution is 5.75.